The summed E-state index contributed by atoms with van der Waals surface area (Å²) in [4.78, 5) is 23.3. The summed E-state index contributed by atoms with van der Waals surface area (Å²) in [6.45, 7) is 8.43. The zero-order valence-corrected chi connectivity index (χ0v) is 23.8. The maximum atomic E-state index is 11.4. The van der Waals surface area contributed by atoms with Crippen molar-refractivity contribution in [2.75, 3.05) is 36.5 Å². The number of para-hydroxylation sites is 1. The molecule has 4 heterocycles. The Labute approximate surface area is 240 Å². The third kappa shape index (κ3) is 4.90. The van der Waals surface area contributed by atoms with E-state index in [1.54, 1.807) is 0 Å². The number of aryl methyl sites for hydroxylation is 2. The van der Waals surface area contributed by atoms with Crippen LogP contribution in [0.4, 0.5) is 11.6 Å². The molecule has 0 saturated carbocycles. The number of fused-ring (bicyclic) bond motifs is 2. The Morgan fingerprint density at radius 2 is 1.81 bits per heavy atom. The molecule has 0 unspecified atom stereocenters. The maximum Gasteiger partial charge on any atom is 1.00 e. The molecule has 0 spiro atoms. The number of aromatic nitrogens is 2. The molecule has 1 N–H and O–H groups in total. The van der Waals surface area contributed by atoms with E-state index in [0.717, 1.165) is 69.9 Å². The van der Waals surface area contributed by atoms with Crippen LogP contribution in [-0.2, 0) is 9.53 Å². The normalized spacial score (nSPS) is 19.4. The molecule has 2 atom stereocenters. The first-order valence-corrected chi connectivity index (χ1v) is 12.5. The number of hydrogen-bond acceptors (Lipinski definition) is 8. The van der Waals surface area contributed by atoms with E-state index < -0.39 is 0 Å². The first-order valence-electron chi connectivity index (χ1n) is 12.5. The Morgan fingerprint density at radius 3 is 2.54 bits per heavy atom. The standard InChI is InChI=1S/C28H30N4O4.Na.H/c1-16-26(17(2)30-28(29-16)32-11-4-5-12-32)22-8-6-7-20-23(14-35-27(20)22)31-19-9-10-21-24(13-19)34-15-25(21)36-18(3)33;;/h6-10,13,23,25,31H,4-5,11-12,14-15H2,1-3H3;;/q;+1;-1/t23-,25-;;/m1../s1. The van der Waals surface area contributed by atoms with Gasteiger partial charge in [0.25, 0.3) is 0 Å². The van der Waals surface area contributed by atoms with Crippen molar-refractivity contribution in [3.05, 3.63) is 58.9 Å². The van der Waals surface area contributed by atoms with Gasteiger partial charge in [0, 0.05) is 54.0 Å². The van der Waals surface area contributed by atoms with E-state index in [1.807, 2.05) is 18.2 Å². The number of nitrogens with one attached hydrogen (secondary N) is 1. The topological polar surface area (TPSA) is 85.8 Å². The Bertz CT molecular complexity index is 1330. The minimum absolute atomic E-state index is 0. The predicted molar refractivity (Wildman–Crippen MR) is 138 cm³/mol. The number of carbonyl (C=O) groups excluding carboxylic acids is 1. The Hall–Kier alpha value is -2.81. The largest absolute Gasteiger partial charge is 1.00 e. The zero-order valence-electron chi connectivity index (χ0n) is 22.8. The van der Waals surface area contributed by atoms with Crippen molar-refractivity contribution in [3.8, 4) is 22.6 Å². The van der Waals surface area contributed by atoms with Gasteiger partial charge in [-0.05, 0) is 38.8 Å². The van der Waals surface area contributed by atoms with E-state index in [0.29, 0.717) is 13.2 Å². The van der Waals surface area contributed by atoms with Gasteiger partial charge in [-0.1, -0.05) is 18.2 Å². The second-order valence-electron chi connectivity index (χ2n) is 9.66. The quantitative estimate of drug-likeness (QED) is 0.412. The molecule has 1 aromatic heterocycles. The van der Waals surface area contributed by atoms with E-state index in [9.17, 15) is 4.79 Å². The Balaban J connectivity index is 0.00000168. The average molecular weight is 511 g/mol. The van der Waals surface area contributed by atoms with Crippen LogP contribution in [-0.4, -0.2) is 42.2 Å². The van der Waals surface area contributed by atoms with E-state index in [4.69, 9.17) is 24.2 Å². The van der Waals surface area contributed by atoms with Crippen LogP contribution < -0.4 is 49.2 Å². The molecule has 3 aliphatic rings. The molecular weight excluding hydrogens is 479 g/mol. The number of anilines is 2. The van der Waals surface area contributed by atoms with Gasteiger partial charge in [-0.3, -0.25) is 4.79 Å². The third-order valence-electron chi connectivity index (χ3n) is 7.13. The van der Waals surface area contributed by atoms with E-state index in [1.165, 1.54) is 19.8 Å². The number of rotatable bonds is 5. The summed E-state index contributed by atoms with van der Waals surface area (Å²) < 4.78 is 17.4. The number of esters is 1. The maximum absolute atomic E-state index is 11.4. The molecule has 188 valence electrons. The number of ether oxygens (including phenoxy) is 3. The Morgan fingerprint density at radius 1 is 1.05 bits per heavy atom. The summed E-state index contributed by atoms with van der Waals surface area (Å²) in [6, 6.07) is 12.2. The molecule has 2 aromatic carbocycles. The zero-order chi connectivity index (χ0) is 24.8. The molecule has 37 heavy (non-hydrogen) atoms. The molecule has 1 fully saturated rings. The van der Waals surface area contributed by atoms with Gasteiger partial charge in [-0.15, -0.1) is 0 Å². The minimum Gasteiger partial charge on any atom is -1.00 e. The molecule has 3 aromatic rings. The minimum atomic E-state index is -0.352. The summed E-state index contributed by atoms with van der Waals surface area (Å²) in [5, 5.41) is 3.59. The number of carbonyl (C=O) groups is 1. The molecule has 9 heteroatoms. The summed E-state index contributed by atoms with van der Waals surface area (Å²) in [7, 11) is 0. The average Bonchev–Trinajstić information content (AvgIpc) is 3.60. The van der Waals surface area contributed by atoms with Crippen molar-refractivity contribution >= 4 is 17.6 Å². The van der Waals surface area contributed by atoms with Crippen molar-refractivity contribution in [1.82, 2.24) is 9.97 Å². The monoisotopic (exact) mass is 510 g/mol. The summed E-state index contributed by atoms with van der Waals surface area (Å²) in [5.41, 5.74) is 6.93. The van der Waals surface area contributed by atoms with Gasteiger partial charge in [0.05, 0.1) is 17.4 Å². The van der Waals surface area contributed by atoms with Crippen LogP contribution in [0.1, 0.15) is 55.9 Å². The van der Waals surface area contributed by atoms with Gasteiger partial charge < -0.3 is 25.9 Å². The summed E-state index contributed by atoms with van der Waals surface area (Å²) in [5.74, 6) is 2.14. The van der Waals surface area contributed by atoms with Gasteiger partial charge in [-0.2, -0.15) is 0 Å². The number of nitrogens with zero attached hydrogens (tertiary/aromatic N) is 3. The van der Waals surface area contributed by atoms with Crippen LogP contribution >= 0.6 is 0 Å². The number of benzene rings is 2. The van der Waals surface area contributed by atoms with Crippen molar-refractivity contribution < 1.29 is 50.0 Å². The van der Waals surface area contributed by atoms with E-state index >= 15 is 0 Å². The molecule has 0 amide bonds. The van der Waals surface area contributed by atoms with Crippen LogP contribution in [0.15, 0.2) is 36.4 Å². The van der Waals surface area contributed by atoms with Gasteiger partial charge in [0.15, 0.2) is 6.10 Å². The van der Waals surface area contributed by atoms with Crippen molar-refractivity contribution in [2.45, 2.75) is 45.8 Å². The Kier molecular flexibility index (Phi) is 7.34. The smallest absolute Gasteiger partial charge is 1.00 e. The molecule has 8 nitrogen and oxygen atoms in total. The van der Waals surface area contributed by atoms with Crippen molar-refractivity contribution in [1.29, 1.82) is 0 Å². The van der Waals surface area contributed by atoms with Gasteiger partial charge in [0.1, 0.15) is 24.7 Å². The van der Waals surface area contributed by atoms with Gasteiger partial charge >= 0.3 is 35.5 Å². The van der Waals surface area contributed by atoms with Crippen molar-refractivity contribution in [2.24, 2.45) is 0 Å². The van der Waals surface area contributed by atoms with Crippen LogP contribution in [0.5, 0.6) is 11.5 Å². The van der Waals surface area contributed by atoms with Gasteiger partial charge in [0.2, 0.25) is 5.95 Å². The molecular formula is C28H31N4NaO4. The molecule has 0 radical (unpaired) electrons. The van der Waals surface area contributed by atoms with Crippen molar-refractivity contribution in [3.63, 3.8) is 0 Å². The van der Waals surface area contributed by atoms with E-state index in [-0.39, 0.29) is 49.1 Å². The van der Waals surface area contributed by atoms with Crippen LogP contribution in [0.25, 0.3) is 11.1 Å². The van der Waals surface area contributed by atoms with Crippen LogP contribution in [0.2, 0.25) is 0 Å². The third-order valence-corrected chi connectivity index (χ3v) is 7.13. The first-order chi connectivity index (χ1) is 17.5. The fourth-order valence-electron chi connectivity index (χ4n) is 5.48. The summed E-state index contributed by atoms with van der Waals surface area (Å²) >= 11 is 0. The first kappa shape index (κ1) is 25.8. The van der Waals surface area contributed by atoms with Gasteiger partial charge in [-0.25, -0.2) is 9.97 Å². The molecule has 3 aliphatic heterocycles. The number of hydrogen-bond donors (Lipinski definition) is 1. The predicted octanol–water partition coefficient (Wildman–Crippen LogP) is 2.02. The second-order valence-corrected chi connectivity index (χ2v) is 9.66. The van der Waals surface area contributed by atoms with Crippen LogP contribution in [0.3, 0.4) is 0 Å². The van der Waals surface area contributed by atoms with Crippen LogP contribution in [0, 0.1) is 13.8 Å². The molecule has 0 bridgehead atoms. The fourth-order valence-corrected chi connectivity index (χ4v) is 5.48. The molecule has 0 aliphatic carbocycles. The SMILES string of the molecule is CC(=O)O[C@@H]1COc2cc(N[C@@H]3COc4c(-c5c(C)nc(N6CCCC6)nc5C)cccc43)ccc21.[H-].[Na+]. The summed E-state index contributed by atoms with van der Waals surface area (Å²) in [6.07, 6.45) is 2.04. The molecule has 6 rings (SSSR count). The second kappa shape index (κ2) is 10.5. The molecule has 1 saturated heterocycles. The fraction of sp³-hybridized carbons (Fsp3) is 0.393. The van der Waals surface area contributed by atoms with E-state index in [2.05, 4.69) is 42.3 Å².